The summed E-state index contributed by atoms with van der Waals surface area (Å²) in [5.74, 6) is 0. The number of nitro benzene ring substituents is 1. The van der Waals surface area contributed by atoms with Gasteiger partial charge >= 0.3 is 0 Å². The number of carbonyl (C=O) groups is 1. The van der Waals surface area contributed by atoms with Crippen LogP contribution in [0.25, 0.3) is 6.08 Å². The highest BCUT2D eigenvalue weighted by atomic mass is 16.6. The van der Waals surface area contributed by atoms with Crippen LogP contribution in [0.4, 0.5) is 5.69 Å². The highest BCUT2D eigenvalue weighted by molar-refractivity contribution is 5.60. The first-order valence-electron chi connectivity index (χ1n) is 4.50. The molecule has 1 aromatic carbocycles. The van der Waals surface area contributed by atoms with E-state index in [-0.39, 0.29) is 5.69 Å². The van der Waals surface area contributed by atoms with Crippen molar-refractivity contribution in [2.45, 2.75) is 13.3 Å². The van der Waals surface area contributed by atoms with E-state index in [4.69, 9.17) is 0 Å². The summed E-state index contributed by atoms with van der Waals surface area (Å²) >= 11 is 0. The Morgan fingerprint density at radius 2 is 2.20 bits per heavy atom. The first kappa shape index (κ1) is 11.1. The predicted molar refractivity (Wildman–Crippen MR) is 57.5 cm³/mol. The number of hydrogen-bond acceptors (Lipinski definition) is 3. The van der Waals surface area contributed by atoms with Gasteiger partial charge in [-0.25, -0.2) is 0 Å². The molecule has 0 amide bonds. The molecule has 0 radical (unpaired) electrons. The number of rotatable bonds is 4. The predicted octanol–water partition coefficient (Wildman–Crippen LogP) is 2.51. The van der Waals surface area contributed by atoms with Gasteiger partial charge in [-0.05, 0) is 12.5 Å². The molecule has 15 heavy (non-hydrogen) atoms. The van der Waals surface area contributed by atoms with Crippen LogP contribution in [0.2, 0.25) is 0 Å². The third-order valence-corrected chi connectivity index (χ3v) is 1.97. The molecular weight excluding hydrogens is 194 g/mol. The van der Waals surface area contributed by atoms with Crippen molar-refractivity contribution in [2.24, 2.45) is 0 Å². The van der Waals surface area contributed by atoms with Crippen LogP contribution in [0, 0.1) is 17.0 Å². The fourth-order valence-corrected chi connectivity index (χ4v) is 1.19. The molecule has 0 aliphatic heterocycles. The van der Waals surface area contributed by atoms with Crippen molar-refractivity contribution in [3.8, 4) is 0 Å². The van der Waals surface area contributed by atoms with Crippen LogP contribution in [0.15, 0.2) is 24.3 Å². The first-order valence-corrected chi connectivity index (χ1v) is 4.50. The van der Waals surface area contributed by atoms with Crippen LogP contribution in [-0.4, -0.2) is 11.2 Å². The summed E-state index contributed by atoms with van der Waals surface area (Å²) in [5, 5.41) is 10.6. The van der Waals surface area contributed by atoms with E-state index in [9.17, 15) is 14.9 Å². The molecule has 0 spiro atoms. The fraction of sp³-hybridized carbons (Fsp3) is 0.182. The zero-order chi connectivity index (χ0) is 11.3. The van der Waals surface area contributed by atoms with E-state index in [2.05, 4.69) is 0 Å². The maximum Gasteiger partial charge on any atom is 0.272 e. The molecule has 0 saturated heterocycles. The smallest absolute Gasteiger partial charge is 0.272 e. The number of benzene rings is 1. The van der Waals surface area contributed by atoms with E-state index < -0.39 is 4.92 Å². The second kappa shape index (κ2) is 5.05. The zero-order valence-electron chi connectivity index (χ0n) is 8.34. The fourth-order valence-electron chi connectivity index (χ4n) is 1.19. The quantitative estimate of drug-likeness (QED) is 0.431. The number of aldehydes is 1. The monoisotopic (exact) mass is 205 g/mol. The summed E-state index contributed by atoms with van der Waals surface area (Å²) in [7, 11) is 0. The summed E-state index contributed by atoms with van der Waals surface area (Å²) in [4.78, 5) is 20.3. The van der Waals surface area contributed by atoms with Crippen molar-refractivity contribution >= 4 is 18.0 Å². The number of hydrogen-bond donors (Lipinski definition) is 0. The Hall–Kier alpha value is -1.97. The molecule has 1 rings (SSSR count). The van der Waals surface area contributed by atoms with Crippen LogP contribution >= 0.6 is 0 Å². The Bertz CT molecular complexity index is 410. The maximum absolute atomic E-state index is 10.6. The van der Waals surface area contributed by atoms with E-state index >= 15 is 0 Å². The van der Waals surface area contributed by atoms with Crippen molar-refractivity contribution in [3.05, 3.63) is 45.5 Å². The second-order valence-corrected chi connectivity index (χ2v) is 3.11. The lowest BCUT2D eigenvalue weighted by Gasteiger charge is -1.98. The van der Waals surface area contributed by atoms with Gasteiger partial charge in [0.05, 0.1) is 4.92 Å². The minimum absolute atomic E-state index is 0.100. The largest absolute Gasteiger partial charge is 0.303 e. The molecule has 4 heteroatoms. The molecule has 0 aromatic heterocycles. The number of nitro groups is 1. The van der Waals surface area contributed by atoms with E-state index in [1.807, 2.05) is 0 Å². The van der Waals surface area contributed by atoms with Gasteiger partial charge in [0.25, 0.3) is 5.69 Å². The van der Waals surface area contributed by atoms with Crippen LogP contribution in [0.5, 0.6) is 0 Å². The second-order valence-electron chi connectivity index (χ2n) is 3.11. The molecule has 0 unspecified atom stereocenters. The van der Waals surface area contributed by atoms with Gasteiger partial charge < -0.3 is 4.79 Å². The Morgan fingerprint density at radius 3 is 2.80 bits per heavy atom. The molecule has 0 bridgehead atoms. The minimum Gasteiger partial charge on any atom is -0.303 e. The lowest BCUT2D eigenvalue weighted by Crippen LogP contribution is -1.91. The van der Waals surface area contributed by atoms with Crippen molar-refractivity contribution in [2.75, 3.05) is 0 Å². The number of aryl methyl sites for hydroxylation is 1. The molecule has 0 saturated carbocycles. The zero-order valence-corrected chi connectivity index (χ0v) is 8.34. The summed E-state index contributed by atoms with van der Waals surface area (Å²) in [6.45, 7) is 1.69. The molecule has 0 aliphatic rings. The maximum atomic E-state index is 10.6. The van der Waals surface area contributed by atoms with Crippen molar-refractivity contribution in [3.63, 3.8) is 0 Å². The summed E-state index contributed by atoms with van der Waals surface area (Å²) in [6, 6.07) is 4.97. The van der Waals surface area contributed by atoms with Gasteiger partial charge in [0.15, 0.2) is 0 Å². The normalized spacial score (nSPS) is 10.5. The van der Waals surface area contributed by atoms with Crippen LogP contribution in [-0.2, 0) is 4.79 Å². The summed E-state index contributed by atoms with van der Waals surface area (Å²) in [6.07, 6.45) is 4.46. The standard InChI is InChI=1S/C11H11NO3/c1-9-5-6-10(4-2-3-7-13)8-11(9)12(14)15/h2,4-8H,3H2,1H3. The van der Waals surface area contributed by atoms with E-state index in [1.54, 1.807) is 31.2 Å². The topological polar surface area (TPSA) is 60.2 Å². The highest BCUT2D eigenvalue weighted by Crippen LogP contribution is 2.19. The molecule has 0 fully saturated rings. The minimum atomic E-state index is -0.410. The Labute approximate surface area is 87.4 Å². The van der Waals surface area contributed by atoms with Crippen LogP contribution in [0.3, 0.4) is 0 Å². The van der Waals surface area contributed by atoms with Crippen molar-refractivity contribution in [1.82, 2.24) is 0 Å². The molecule has 0 heterocycles. The lowest BCUT2D eigenvalue weighted by atomic mass is 10.1. The van der Waals surface area contributed by atoms with Gasteiger partial charge in [-0.1, -0.05) is 24.3 Å². The molecule has 4 nitrogen and oxygen atoms in total. The molecule has 78 valence electrons. The third kappa shape index (κ3) is 3.02. The Morgan fingerprint density at radius 1 is 1.47 bits per heavy atom. The molecule has 0 N–H and O–H groups in total. The summed E-state index contributed by atoms with van der Waals surface area (Å²) in [5.41, 5.74) is 1.46. The number of nitrogens with zero attached hydrogens (tertiary/aromatic N) is 1. The number of allylic oxidation sites excluding steroid dienone is 1. The molecular formula is C11H11NO3. The van der Waals surface area contributed by atoms with Crippen LogP contribution in [0.1, 0.15) is 17.5 Å². The van der Waals surface area contributed by atoms with Gasteiger partial charge in [-0.15, -0.1) is 0 Å². The average Bonchev–Trinajstić information content (AvgIpc) is 2.20. The van der Waals surface area contributed by atoms with Crippen molar-refractivity contribution < 1.29 is 9.72 Å². The SMILES string of the molecule is Cc1ccc(C=CCC=O)cc1[N+](=O)[O-]. The van der Waals surface area contributed by atoms with Gasteiger partial charge in [0.2, 0.25) is 0 Å². The molecule has 1 aromatic rings. The Balaban J connectivity index is 2.97. The molecule has 0 atom stereocenters. The van der Waals surface area contributed by atoms with Gasteiger partial charge in [-0.2, -0.15) is 0 Å². The number of carbonyl (C=O) groups excluding carboxylic acids is 1. The van der Waals surface area contributed by atoms with Crippen LogP contribution < -0.4 is 0 Å². The third-order valence-electron chi connectivity index (χ3n) is 1.97. The first-order chi connectivity index (χ1) is 7.15. The average molecular weight is 205 g/mol. The highest BCUT2D eigenvalue weighted by Gasteiger charge is 2.09. The molecule has 0 aliphatic carbocycles. The Kier molecular flexibility index (Phi) is 3.74. The van der Waals surface area contributed by atoms with E-state index in [0.29, 0.717) is 12.0 Å². The lowest BCUT2D eigenvalue weighted by molar-refractivity contribution is -0.385. The van der Waals surface area contributed by atoms with E-state index in [1.165, 1.54) is 6.07 Å². The van der Waals surface area contributed by atoms with Gasteiger partial charge in [-0.3, -0.25) is 10.1 Å². The van der Waals surface area contributed by atoms with E-state index in [0.717, 1.165) is 11.8 Å². The summed E-state index contributed by atoms with van der Waals surface area (Å²) < 4.78 is 0. The van der Waals surface area contributed by atoms with Gasteiger partial charge in [0, 0.05) is 18.1 Å². The van der Waals surface area contributed by atoms with Crippen molar-refractivity contribution in [1.29, 1.82) is 0 Å². The van der Waals surface area contributed by atoms with Gasteiger partial charge in [0.1, 0.15) is 6.29 Å².